The van der Waals surface area contributed by atoms with Crippen molar-refractivity contribution in [1.29, 1.82) is 0 Å². The van der Waals surface area contributed by atoms with Crippen molar-refractivity contribution in [3.05, 3.63) is 29.3 Å². The van der Waals surface area contributed by atoms with Crippen molar-refractivity contribution < 1.29 is 14.9 Å². The predicted octanol–water partition coefficient (Wildman–Crippen LogP) is 1.28. The number of hydrogen-bond acceptors (Lipinski definition) is 3. The first-order valence-corrected chi connectivity index (χ1v) is 5.20. The maximum atomic E-state index is 9.92. The third-order valence-corrected chi connectivity index (χ3v) is 3.04. The second kappa shape index (κ2) is 4.21. The first-order chi connectivity index (χ1) is 7.24. The van der Waals surface area contributed by atoms with Gasteiger partial charge in [-0.25, -0.2) is 0 Å². The normalized spacial score (nSPS) is 24.7. The molecule has 1 aromatic carbocycles. The summed E-state index contributed by atoms with van der Waals surface area (Å²) in [4.78, 5) is 0. The maximum Gasteiger partial charge on any atom is 0.119 e. The molecule has 0 amide bonds. The molecule has 1 aromatic rings. The van der Waals surface area contributed by atoms with Gasteiger partial charge in [0.1, 0.15) is 5.75 Å². The standard InChI is InChI=1S/C12H16O3/c1-15-10-3-2-9-4-8(7-13)5-12(14)11(9)6-10/h2-3,6,8,12-14H,4-5,7H2,1H3/t8-,12-/m1/s1. The molecule has 2 N–H and O–H groups in total. The van der Waals surface area contributed by atoms with E-state index in [4.69, 9.17) is 9.84 Å². The quantitative estimate of drug-likeness (QED) is 0.769. The SMILES string of the molecule is COc1ccc2c(c1)[C@H](O)C[C@H](CO)C2. The molecule has 0 fully saturated rings. The summed E-state index contributed by atoms with van der Waals surface area (Å²) in [5, 5.41) is 19.0. The Morgan fingerprint density at radius 2 is 2.27 bits per heavy atom. The lowest BCUT2D eigenvalue weighted by molar-refractivity contribution is 0.104. The zero-order valence-electron chi connectivity index (χ0n) is 8.81. The van der Waals surface area contributed by atoms with Gasteiger partial charge in [0.25, 0.3) is 0 Å². The van der Waals surface area contributed by atoms with Crippen LogP contribution < -0.4 is 4.74 Å². The van der Waals surface area contributed by atoms with E-state index in [2.05, 4.69) is 0 Å². The van der Waals surface area contributed by atoms with Crippen molar-refractivity contribution in [2.45, 2.75) is 18.9 Å². The molecule has 15 heavy (non-hydrogen) atoms. The Morgan fingerprint density at radius 3 is 2.93 bits per heavy atom. The molecule has 0 saturated carbocycles. The molecule has 1 aliphatic rings. The molecule has 0 spiro atoms. The Morgan fingerprint density at radius 1 is 1.47 bits per heavy atom. The second-order valence-electron chi connectivity index (χ2n) is 4.07. The van der Waals surface area contributed by atoms with E-state index in [0.29, 0.717) is 6.42 Å². The van der Waals surface area contributed by atoms with E-state index in [9.17, 15) is 5.11 Å². The minimum Gasteiger partial charge on any atom is -0.497 e. The Kier molecular flexibility index (Phi) is 2.93. The number of benzene rings is 1. The average molecular weight is 208 g/mol. The highest BCUT2D eigenvalue weighted by Gasteiger charge is 2.25. The van der Waals surface area contributed by atoms with Crippen LogP contribution in [0.25, 0.3) is 0 Å². The van der Waals surface area contributed by atoms with Crippen LogP contribution in [0.1, 0.15) is 23.7 Å². The lowest BCUT2D eigenvalue weighted by atomic mass is 9.82. The number of aliphatic hydroxyl groups is 2. The number of rotatable bonds is 2. The minimum atomic E-state index is -0.471. The van der Waals surface area contributed by atoms with E-state index in [1.54, 1.807) is 7.11 Å². The highest BCUT2D eigenvalue weighted by Crippen LogP contribution is 2.34. The zero-order valence-corrected chi connectivity index (χ0v) is 8.81. The van der Waals surface area contributed by atoms with Crippen LogP contribution in [0.4, 0.5) is 0 Å². The van der Waals surface area contributed by atoms with Crippen LogP contribution in [0.15, 0.2) is 18.2 Å². The van der Waals surface area contributed by atoms with Gasteiger partial charge in [0, 0.05) is 6.61 Å². The average Bonchev–Trinajstić information content (AvgIpc) is 2.28. The number of aliphatic hydroxyl groups excluding tert-OH is 2. The Balaban J connectivity index is 2.32. The first-order valence-electron chi connectivity index (χ1n) is 5.20. The van der Waals surface area contributed by atoms with Crippen LogP contribution in [0.3, 0.4) is 0 Å². The van der Waals surface area contributed by atoms with E-state index in [-0.39, 0.29) is 12.5 Å². The van der Waals surface area contributed by atoms with E-state index < -0.39 is 6.10 Å². The molecular weight excluding hydrogens is 192 g/mol. The van der Waals surface area contributed by atoms with Gasteiger partial charge in [-0.15, -0.1) is 0 Å². The number of methoxy groups -OCH3 is 1. The third kappa shape index (κ3) is 1.98. The van der Waals surface area contributed by atoms with E-state index in [1.165, 1.54) is 0 Å². The van der Waals surface area contributed by atoms with Gasteiger partial charge in [-0.2, -0.15) is 0 Å². The van der Waals surface area contributed by atoms with Gasteiger partial charge in [0.05, 0.1) is 13.2 Å². The summed E-state index contributed by atoms with van der Waals surface area (Å²) in [6.45, 7) is 0.141. The smallest absolute Gasteiger partial charge is 0.119 e. The molecular formula is C12H16O3. The van der Waals surface area contributed by atoms with Crippen LogP contribution >= 0.6 is 0 Å². The van der Waals surface area contributed by atoms with Gasteiger partial charge in [0.2, 0.25) is 0 Å². The molecule has 2 rings (SSSR count). The van der Waals surface area contributed by atoms with E-state index in [0.717, 1.165) is 23.3 Å². The lowest BCUT2D eigenvalue weighted by Gasteiger charge is -2.27. The molecule has 3 heteroatoms. The summed E-state index contributed by atoms with van der Waals surface area (Å²) in [5.74, 6) is 0.955. The first kappa shape index (κ1) is 10.5. The van der Waals surface area contributed by atoms with Crippen LogP contribution in [-0.4, -0.2) is 23.9 Å². The molecule has 0 heterocycles. The fraction of sp³-hybridized carbons (Fsp3) is 0.500. The monoisotopic (exact) mass is 208 g/mol. The van der Waals surface area contributed by atoms with Crippen molar-refractivity contribution in [3.63, 3.8) is 0 Å². The van der Waals surface area contributed by atoms with Crippen LogP contribution in [0.5, 0.6) is 5.75 Å². The third-order valence-electron chi connectivity index (χ3n) is 3.04. The Hall–Kier alpha value is -1.06. The Labute approximate surface area is 89.3 Å². The van der Waals surface area contributed by atoms with Crippen molar-refractivity contribution in [1.82, 2.24) is 0 Å². The summed E-state index contributed by atoms with van der Waals surface area (Å²) >= 11 is 0. The largest absolute Gasteiger partial charge is 0.497 e. The number of fused-ring (bicyclic) bond motifs is 1. The molecule has 0 aromatic heterocycles. The zero-order chi connectivity index (χ0) is 10.8. The van der Waals surface area contributed by atoms with Crippen LogP contribution in [0, 0.1) is 5.92 Å². The van der Waals surface area contributed by atoms with Crippen molar-refractivity contribution in [3.8, 4) is 5.75 Å². The lowest BCUT2D eigenvalue weighted by Crippen LogP contribution is -2.21. The molecule has 0 radical (unpaired) electrons. The Bertz CT molecular complexity index is 349. The summed E-state index contributed by atoms with van der Waals surface area (Å²) in [7, 11) is 1.62. The van der Waals surface area contributed by atoms with Crippen molar-refractivity contribution in [2.75, 3.05) is 13.7 Å². The molecule has 82 valence electrons. The molecule has 1 aliphatic carbocycles. The second-order valence-corrected chi connectivity index (χ2v) is 4.07. The van der Waals surface area contributed by atoms with E-state index >= 15 is 0 Å². The van der Waals surface area contributed by atoms with Gasteiger partial charge >= 0.3 is 0 Å². The highest BCUT2D eigenvalue weighted by atomic mass is 16.5. The fourth-order valence-electron chi connectivity index (χ4n) is 2.17. The van der Waals surface area contributed by atoms with E-state index in [1.807, 2.05) is 18.2 Å². The predicted molar refractivity (Wildman–Crippen MR) is 56.9 cm³/mol. The van der Waals surface area contributed by atoms with Gasteiger partial charge in [-0.05, 0) is 42.0 Å². The summed E-state index contributed by atoms with van der Waals surface area (Å²) in [5.41, 5.74) is 2.06. The summed E-state index contributed by atoms with van der Waals surface area (Å²) in [6, 6.07) is 5.75. The van der Waals surface area contributed by atoms with Gasteiger partial charge < -0.3 is 14.9 Å². The molecule has 3 nitrogen and oxygen atoms in total. The molecule has 0 bridgehead atoms. The summed E-state index contributed by atoms with van der Waals surface area (Å²) < 4.78 is 5.12. The van der Waals surface area contributed by atoms with Gasteiger partial charge in [0.15, 0.2) is 0 Å². The van der Waals surface area contributed by atoms with Crippen molar-refractivity contribution in [2.24, 2.45) is 5.92 Å². The maximum absolute atomic E-state index is 9.92. The number of ether oxygens (including phenoxy) is 1. The van der Waals surface area contributed by atoms with Gasteiger partial charge in [-0.1, -0.05) is 6.07 Å². The highest BCUT2D eigenvalue weighted by molar-refractivity contribution is 5.38. The molecule has 0 saturated heterocycles. The summed E-state index contributed by atoms with van der Waals surface area (Å²) in [6.07, 6.45) is 1.00. The fourth-order valence-corrected chi connectivity index (χ4v) is 2.17. The van der Waals surface area contributed by atoms with Crippen LogP contribution in [-0.2, 0) is 6.42 Å². The van der Waals surface area contributed by atoms with Gasteiger partial charge in [-0.3, -0.25) is 0 Å². The topological polar surface area (TPSA) is 49.7 Å². The molecule has 0 aliphatic heterocycles. The number of hydrogen-bond donors (Lipinski definition) is 2. The van der Waals surface area contributed by atoms with Crippen LogP contribution in [0.2, 0.25) is 0 Å². The molecule has 0 unspecified atom stereocenters. The molecule has 2 atom stereocenters. The minimum absolute atomic E-state index is 0.141. The van der Waals surface area contributed by atoms with Crippen molar-refractivity contribution >= 4 is 0 Å².